The molecule has 2 N–H and O–H groups in total. The van der Waals surface area contributed by atoms with Gasteiger partial charge < -0.3 is 15.2 Å². The van der Waals surface area contributed by atoms with E-state index in [9.17, 15) is 9.90 Å². The zero-order chi connectivity index (χ0) is 22.2. The van der Waals surface area contributed by atoms with Gasteiger partial charge in [0.15, 0.2) is 0 Å². The van der Waals surface area contributed by atoms with E-state index in [1.807, 2.05) is 25.1 Å². The normalized spacial score (nSPS) is 19.6. The number of carboxylic acids is 1. The zero-order valence-corrected chi connectivity index (χ0v) is 18.9. The van der Waals surface area contributed by atoms with E-state index in [0.29, 0.717) is 22.5 Å². The lowest BCUT2D eigenvalue weighted by molar-refractivity contribution is 0.0698. The molecule has 0 unspecified atom stereocenters. The van der Waals surface area contributed by atoms with Crippen LogP contribution >= 0.6 is 11.6 Å². The van der Waals surface area contributed by atoms with Crippen LogP contribution < -0.4 is 5.32 Å². The summed E-state index contributed by atoms with van der Waals surface area (Å²) in [4.78, 5) is 16.8. The van der Waals surface area contributed by atoms with Gasteiger partial charge in [0, 0.05) is 46.3 Å². The van der Waals surface area contributed by atoms with Gasteiger partial charge in [-0.2, -0.15) is 0 Å². The zero-order valence-electron chi connectivity index (χ0n) is 18.1. The van der Waals surface area contributed by atoms with Gasteiger partial charge in [-0.25, -0.2) is 4.79 Å². The monoisotopic (exact) mass is 450 g/mol. The standard InChI is InChI=1S/C26H27ClN2O3/c1-15(28-23-7-3-2-6-19(23)26(30)31)20-11-18(27)12-24-22(20)13-21(17-5-4-10-32-14-17)25(29-24)16-8-9-16/h2-3,6-7,11-13,15-17,28H,4-5,8-10,14H2,1H3,(H,30,31)/t15-,17+/m0/s1. The molecular weight excluding hydrogens is 424 g/mol. The van der Waals surface area contributed by atoms with E-state index >= 15 is 0 Å². The number of nitrogens with zero attached hydrogens (tertiary/aromatic N) is 1. The molecule has 0 radical (unpaired) electrons. The minimum atomic E-state index is -0.952. The topological polar surface area (TPSA) is 71.5 Å². The Kier molecular flexibility index (Phi) is 5.78. The molecule has 1 aliphatic carbocycles. The average Bonchev–Trinajstić information content (AvgIpc) is 3.64. The van der Waals surface area contributed by atoms with Crippen LogP contribution in [0.15, 0.2) is 42.5 Å². The molecule has 2 aromatic carbocycles. The molecule has 1 aliphatic heterocycles. The second-order valence-electron chi connectivity index (χ2n) is 8.93. The summed E-state index contributed by atoms with van der Waals surface area (Å²) >= 11 is 6.51. The van der Waals surface area contributed by atoms with Crippen molar-refractivity contribution in [1.82, 2.24) is 4.98 Å². The Balaban J connectivity index is 1.59. The second-order valence-corrected chi connectivity index (χ2v) is 9.37. The number of anilines is 1. The average molecular weight is 451 g/mol. The van der Waals surface area contributed by atoms with Crippen molar-refractivity contribution < 1.29 is 14.6 Å². The van der Waals surface area contributed by atoms with E-state index < -0.39 is 5.97 Å². The number of rotatable bonds is 6. The summed E-state index contributed by atoms with van der Waals surface area (Å²) in [6, 6.07) is 13.0. The summed E-state index contributed by atoms with van der Waals surface area (Å²) in [5.74, 6) is -0.0425. The van der Waals surface area contributed by atoms with Crippen LogP contribution in [0.5, 0.6) is 0 Å². The third-order valence-electron chi connectivity index (χ3n) is 6.55. The van der Waals surface area contributed by atoms with E-state index in [2.05, 4.69) is 11.4 Å². The summed E-state index contributed by atoms with van der Waals surface area (Å²) in [7, 11) is 0. The fourth-order valence-corrected chi connectivity index (χ4v) is 4.98. The van der Waals surface area contributed by atoms with Crippen molar-refractivity contribution in [1.29, 1.82) is 0 Å². The van der Waals surface area contributed by atoms with Crippen molar-refractivity contribution >= 4 is 34.2 Å². The molecule has 1 aromatic heterocycles. The van der Waals surface area contributed by atoms with Crippen LogP contribution in [-0.2, 0) is 4.74 Å². The first-order chi connectivity index (χ1) is 15.5. The molecule has 2 atom stereocenters. The number of halogens is 1. The number of aromatic nitrogens is 1. The van der Waals surface area contributed by atoms with Crippen molar-refractivity contribution in [2.24, 2.45) is 0 Å². The van der Waals surface area contributed by atoms with Crippen molar-refractivity contribution in [3.8, 4) is 0 Å². The van der Waals surface area contributed by atoms with Crippen LogP contribution in [0.1, 0.15) is 77.7 Å². The van der Waals surface area contributed by atoms with Crippen molar-refractivity contribution in [2.75, 3.05) is 18.5 Å². The van der Waals surface area contributed by atoms with Gasteiger partial charge in [0.05, 0.1) is 17.7 Å². The highest BCUT2D eigenvalue weighted by Crippen LogP contribution is 2.45. The van der Waals surface area contributed by atoms with Gasteiger partial charge in [0.1, 0.15) is 0 Å². The quantitative estimate of drug-likeness (QED) is 0.446. The van der Waals surface area contributed by atoms with E-state index in [1.54, 1.807) is 18.2 Å². The van der Waals surface area contributed by atoms with Gasteiger partial charge in [-0.1, -0.05) is 23.7 Å². The molecule has 2 aliphatic rings. The van der Waals surface area contributed by atoms with Gasteiger partial charge >= 0.3 is 5.97 Å². The number of carbonyl (C=O) groups is 1. The third kappa shape index (κ3) is 4.19. The maximum atomic E-state index is 11.7. The van der Waals surface area contributed by atoms with Crippen molar-refractivity contribution in [3.05, 3.63) is 69.9 Å². The minimum Gasteiger partial charge on any atom is -0.478 e. The molecule has 2 fully saturated rings. The Bertz CT molecular complexity index is 1170. The highest BCUT2D eigenvalue weighted by atomic mass is 35.5. The first-order valence-electron chi connectivity index (χ1n) is 11.3. The number of fused-ring (bicyclic) bond motifs is 1. The summed E-state index contributed by atoms with van der Waals surface area (Å²) in [5.41, 5.74) is 5.26. The van der Waals surface area contributed by atoms with E-state index in [-0.39, 0.29) is 11.6 Å². The van der Waals surface area contributed by atoms with Crippen molar-refractivity contribution in [3.63, 3.8) is 0 Å². The second kappa shape index (κ2) is 8.72. The van der Waals surface area contributed by atoms with Gasteiger partial charge in [0.25, 0.3) is 0 Å². The molecule has 0 bridgehead atoms. The first kappa shape index (κ1) is 21.2. The molecule has 0 spiro atoms. The lowest BCUT2D eigenvalue weighted by Crippen LogP contribution is -2.18. The number of para-hydroxylation sites is 1. The number of benzene rings is 2. The minimum absolute atomic E-state index is 0.152. The summed E-state index contributed by atoms with van der Waals surface area (Å²) < 4.78 is 5.80. The third-order valence-corrected chi connectivity index (χ3v) is 6.77. The Labute approximate surface area is 192 Å². The number of hydrogen-bond acceptors (Lipinski definition) is 4. The van der Waals surface area contributed by atoms with E-state index in [0.717, 1.165) is 42.5 Å². The first-order valence-corrected chi connectivity index (χ1v) is 11.7. The van der Waals surface area contributed by atoms with Crippen LogP contribution in [0.2, 0.25) is 5.02 Å². The fourth-order valence-electron chi connectivity index (χ4n) is 4.76. The number of aromatic carboxylic acids is 1. The molecule has 166 valence electrons. The highest BCUT2D eigenvalue weighted by Gasteiger charge is 2.31. The lowest BCUT2D eigenvalue weighted by atomic mass is 9.88. The van der Waals surface area contributed by atoms with Crippen LogP contribution in [0.25, 0.3) is 10.9 Å². The number of pyridine rings is 1. The fraction of sp³-hybridized carbons (Fsp3) is 0.385. The van der Waals surface area contributed by atoms with E-state index in [4.69, 9.17) is 21.3 Å². The molecular formula is C26H27ClN2O3. The van der Waals surface area contributed by atoms with Crippen LogP contribution in [0.4, 0.5) is 5.69 Å². The number of carboxylic acid groups (broad SMARTS) is 1. The van der Waals surface area contributed by atoms with Gasteiger partial charge in [-0.3, -0.25) is 4.98 Å². The molecule has 0 amide bonds. The Morgan fingerprint density at radius 1 is 1.19 bits per heavy atom. The molecule has 5 nitrogen and oxygen atoms in total. The molecule has 1 saturated heterocycles. The predicted molar refractivity (Wildman–Crippen MR) is 127 cm³/mol. The predicted octanol–water partition coefficient (Wildman–Crippen LogP) is 6.53. The van der Waals surface area contributed by atoms with Gasteiger partial charge in [0.2, 0.25) is 0 Å². The number of ether oxygens (including phenoxy) is 1. The van der Waals surface area contributed by atoms with Crippen LogP contribution in [-0.4, -0.2) is 29.3 Å². The Morgan fingerprint density at radius 2 is 2.00 bits per heavy atom. The largest absolute Gasteiger partial charge is 0.478 e. The van der Waals surface area contributed by atoms with Crippen LogP contribution in [0, 0.1) is 0 Å². The molecule has 32 heavy (non-hydrogen) atoms. The molecule has 2 heterocycles. The number of nitrogens with one attached hydrogen (secondary N) is 1. The smallest absolute Gasteiger partial charge is 0.337 e. The summed E-state index contributed by atoms with van der Waals surface area (Å²) in [5, 5.41) is 14.6. The number of hydrogen-bond donors (Lipinski definition) is 2. The molecule has 6 heteroatoms. The Morgan fingerprint density at radius 3 is 2.72 bits per heavy atom. The highest BCUT2D eigenvalue weighted by molar-refractivity contribution is 6.31. The summed E-state index contributed by atoms with van der Waals surface area (Å²) in [6.45, 7) is 3.61. The lowest BCUT2D eigenvalue weighted by Gasteiger charge is -2.26. The maximum absolute atomic E-state index is 11.7. The van der Waals surface area contributed by atoms with Crippen molar-refractivity contribution in [2.45, 2.75) is 50.5 Å². The maximum Gasteiger partial charge on any atom is 0.337 e. The van der Waals surface area contributed by atoms with E-state index in [1.165, 1.54) is 24.1 Å². The van der Waals surface area contributed by atoms with Crippen LogP contribution in [0.3, 0.4) is 0 Å². The molecule has 1 saturated carbocycles. The SMILES string of the molecule is C[C@H](Nc1ccccc1C(=O)O)c1cc(Cl)cc2nc(C3CC3)c([C@@H]3CCCOC3)cc12. The van der Waals surface area contributed by atoms with Gasteiger partial charge in [-0.05, 0) is 74.1 Å². The molecule has 3 aromatic rings. The molecule has 5 rings (SSSR count). The van der Waals surface area contributed by atoms with Gasteiger partial charge in [-0.15, -0.1) is 0 Å². The Hall–Kier alpha value is -2.63. The summed E-state index contributed by atoms with van der Waals surface area (Å²) in [6.07, 6.45) is 4.58.